The van der Waals surface area contributed by atoms with Crippen molar-refractivity contribution in [3.05, 3.63) is 18.3 Å². The molecule has 0 fully saturated rings. The molecule has 0 amide bonds. The SMILES string of the molecule is Cc1nnc(Sc2ncnc3c2cnn3C)n1N. The summed E-state index contributed by atoms with van der Waals surface area (Å²) < 4.78 is 3.12. The molecule has 0 spiro atoms. The fourth-order valence-corrected chi connectivity index (χ4v) is 2.37. The molecule has 0 saturated heterocycles. The molecule has 0 saturated carbocycles. The molecule has 0 aliphatic rings. The van der Waals surface area contributed by atoms with Gasteiger partial charge in [0.25, 0.3) is 0 Å². The van der Waals surface area contributed by atoms with Crippen molar-refractivity contribution < 1.29 is 0 Å². The Kier molecular flexibility index (Phi) is 2.40. The molecule has 0 unspecified atom stereocenters. The van der Waals surface area contributed by atoms with Crippen molar-refractivity contribution in [3.8, 4) is 0 Å². The second-order valence-electron chi connectivity index (χ2n) is 3.69. The third kappa shape index (κ3) is 1.59. The number of rotatable bonds is 2. The van der Waals surface area contributed by atoms with E-state index in [0.29, 0.717) is 11.0 Å². The number of aryl methyl sites for hydroxylation is 2. The molecule has 92 valence electrons. The Morgan fingerprint density at radius 2 is 2.11 bits per heavy atom. The Morgan fingerprint density at radius 3 is 2.83 bits per heavy atom. The first kappa shape index (κ1) is 11.0. The van der Waals surface area contributed by atoms with Gasteiger partial charge in [-0.2, -0.15) is 5.10 Å². The van der Waals surface area contributed by atoms with E-state index in [2.05, 4.69) is 25.3 Å². The van der Waals surface area contributed by atoms with E-state index in [4.69, 9.17) is 5.84 Å². The Bertz CT molecular complexity index is 715. The highest BCUT2D eigenvalue weighted by atomic mass is 32.2. The number of nitrogens with zero attached hydrogens (tertiary/aromatic N) is 7. The molecule has 0 aromatic carbocycles. The van der Waals surface area contributed by atoms with Gasteiger partial charge in [-0.1, -0.05) is 0 Å². The maximum atomic E-state index is 5.81. The van der Waals surface area contributed by atoms with Crippen LogP contribution >= 0.6 is 11.8 Å². The minimum absolute atomic E-state index is 0.580. The summed E-state index contributed by atoms with van der Waals surface area (Å²) in [7, 11) is 1.83. The van der Waals surface area contributed by atoms with Gasteiger partial charge in [0.05, 0.1) is 11.6 Å². The van der Waals surface area contributed by atoms with E-state index in [1.54, 1.807) is 17.8 Å². The van der Waals surface area contributed by atoms with E-state index in [1.165, 1.54) is 22.8 Å². The van der Waals surface area contributed by atoms with Crippen molar-refractivity contribution in [3.63, 3.8) is 0 Å². The summed E-state index contributed by atoms with van der Waals surface area (Å²) in [5, 5.41) is 14.2. The van der Waals surface area contributed by atoms with Crippen LogP contribution in [0.15, 0.2) is 22.7 Å². The molecule has 3 aromatic rings. The first-order valence-corrected chi connectivity index (χ1v) is 5.96. The number of nitrogens with two attached hydrogens (primary N) is 1. The van der Waals surface area contributed by atoms with Crippen LogP contribution in [0.3, 0.4) is 0 Å². The van der Waals surface area contributed by atoms with Crippen LogP contribution in [0, 0.1) is 6.92 Å². The van der Waals surface area contributed by atoms with Gasteiger partial charge < -0.3 is 5.84 Å². The van der Waals surface area contributed by atoms with Gasteiger partial charge in [0, 0.05) is 7.05 Å². The fourth-order valence-electron chi connectivity index (χ4n) is 1.53. The highest BCUT2D eigenvalue weighted by Crippen LogP contribution is 2.28. The van der Waals surface area contributed by atoms with Crippen molar-refractivity contribution in [1.29, 1.82) is 0 Å². The van der Waals surface area contributed by atoms with Gasteiger partial charge in [-0.3, -0.25) is 4.68 Å². The van der Waals surface area contributed by atoms with E-state index in [-0.39, 0.29) is 0 Å². The van der Waals surface area contributed by atoms with Crippen molar-refractivity contribution in [2.45, 2.75) is 17.1 Å². The lowest BCUT2D eigenvalue weighted by molar-refractivity contribution is 0.784. The van der Waals surface area contributed by atoms with Crippen LogP contribution in [0.25, 0.3) is 11.0 Å². The molecule has 0 aliphatic carbocycles. The Hall–Kier alpha value is -2.16. The third-order valence-electron chi connectivity index (χ3n) is 2.52. The predicted octanol–water partition coefficient (Wildman–Crippen LogP) is 0.128. The number of fused-ring (bicyclic) bond motifs is 1. The zero-order valence-electron chi connectivity index (χ0n) is 9.77. The second kappa shape index (κ2) is 3.95. The third-order valence-corrected chi connectivity index (χ3v) is 3.50. The quantitative estimate of drug-likeness (QED) is 0.517. The second-order valence-corrected chi connectivity index (χ2v) is 4.64. The summed E-state index contributed by atoms with van der Waals surface area (Å²) in [5.74, 6) is 6.45. The highest BCUT2D eigenvalue weighted by molar-refractivity contribution is 7.99. The van der Waals surface area contributed by atoms with Crippen LogP contribution in [0.1, 0.15) is 5.82 Å². The maximum absolute atomic E-state index is 5.81. The predicted molar refractivity (Wildman–Crippen MR) is 65.3 cm³/mol. The first-order valence-electron chi connectivity index (χ1n) is 5.14. The van der Waals surface area contributed by atoms with Crippen LogP contribution < -0.4 is 5.84 Å². The average Bonchev–Trinajstić information content (AvgIpc) is 2.89. The van der Waals surface area contributed by atoms with E-state index in [0.717, 1.165) is 16.1 Å². The molecular formula is C9H10N8S. The number of nitrogen functional groups attached to an aromatic ring is 1. The Labute approximate surface area is 106 Å². The molecule has 0 bridgehead atoms. The average molecular weight is 262 g/mol. The van der Waals surface area contributed by atoms with Gasteiger partial charge in [0.1, 0.15) is 17.2 Å². The Morgan fingerprint density at radius 1 is 1.28 bits per heavy atom. The lowest BCUT2D eigenvalue weighted by atomic mass is 10.4. The molecule has 18 heavy (non-hydrogen) atoms. The zero-order chi connectivity index (χ0) is 12.7. The van der Waals surface area contributed by atoms with Crippen LogP contribution in [0.4, 0.5) is 0 Å². The molecule has 0 radical (unpaired) electrons. The summed E-state index contributed by atoms with van der Waals surface area (Å²) >= 11 is 1.34. The van der Waals surface area contributed by atoms with Gasteiger partial charge in [-0.15, -0.1) is 10.2 Å². The molecular weight excluding hydrogens is 252 g/mol. The standard InChI is InChI=1S/C9H10N8S/c1-5-14-15-9(17(5)10)18-8-6-3-13-16(2)7(6)11-4-12-8/h3-4H,10H2,1-2H3. The molecule has 2 N–H and O–H groups in total. The van der Waals surface area contributed by atoms with E-state index in [9.17, 15) is 0 Å². The number of hydrogen-bond donors (Lipinski definition) is 1. The summed E-state index contributed by atoms with van der Waals surface area (Å²) in [6.45, 7) is 1.79. The zero-order valence-corrected chi connectivity index (χ0v) is 10.6. The van der Waals surface area contributed by atoms with Gasteiger partial charge in [0.2, 0.25) is 5.16 Å². The van der Waals surface area contributed by atoms with Crippen molar-refractivity contribution >= 4 is 22.8 Å². The summed E-state index contributed by atoms with van der Waals surface area (Å²) in [5.41, 5.74) is 0.771. The Balaban J connectivity index is 2.07. The van der Waals surface area contributed by atoms with Gasteiger partial charge in [-0.25, -0.2) is 14.6 Å². The van der Waals surface area contributed by atoms with Crippen molar-refractivity contribution in [2.75, 3.05) is 5.84 Å². The van der Waals surface area contributed by atoms with Gasteiger partial charge in [-0.05, 0) is 18.7 Å². The monoisotopic (exact) mass is 262 g/mol. The largest absolute Gasteiger partial charge is 0.336 e. The summed E-state index contributed by atoms with van der Waals surface area (Å²) in [6, 6.07) is 0. The van der Waals surface area contributed by atoms with Crippen LogP contribution in [-0.4, -0.2) is 34.6 Å². The molecule has 8 nitrogen and oxygen atoms in total. The lowest BCUT2D eigenvalue weighted by Crippen LogP contribution is -2.11. The lowest BCUT2D eigenvalue weighted by Gasteiger charge is -2.01. The first-order chi connectivity index (χ1) is 8.66. The van der Waals surface area contributed by atoms with Gasteiger partial charge >= 0.3 is 0 Å². The normalized spacial score (nSPS) is 11.2. The van der Waals surface area contributed by atoms with E-state index >= 15 is 0 Å². The molecule has 0 aliphatic heterocycles. The minimum atomic E-state index is 0.580. The number of aromatic nitrogens is 7. The fraction of sp³-hybridized carbons (Fsp3) is 0.222. The topological polar surface area (TPSA) is 100 Å². The minimum Gasteiger partial charge on any atom is -0.336 e. The van der Waals surface area contributed by atoms with E-state index < -0.39 is 0 Å². The highest BCUT2D eigenvalue weighted by Gasteiger charge is 2.13. The summed E-state index contributed by atoms with van der Waals surface area (Å²) in [4.78, 5) is 8.40. The van der Waals surface area contributed by atoms with E-state index in [1.807, 2.05) is 7.05 Å². The maximum Gasteiger partial charge on any atom is 0.216 e. The molecule has 9 heteroatoms. The smallest absolute Gasteiger partial charge is 0.216 e. The summed E-state index contributed by atoms with van der Waals surface area (Å²) in [6.07, 6.45) is 3.22. The van der Waals surface area contributed by atoms with Crippen LogP contribution in [-0.2, 0) is 7.05 Å². The molecule has 0 atom stereocenters. The van der Waals surface area contributed by atoms with Crippen molar-refractivity contribution in [2.24, 2.45) is 7.05 Å². The van der Waals surface area contributed by atoms with Crippen molar-refractivity contribution in [1.82, 2.24) is 34.6 Å². The molecule has 3 heterocycles. The molecule has 3 rings (SSSR count). The number of hydrogen-bond acceptors (Lipinski definition) is 7. The molecule has 3 aromatic heterocycles. The van der Waals surface area contributed by atoms with Crippen LogP contribution in [0.2, 0.25) is 0 Å². The van der Waals surface area contributed by atoms with Gasteiger partial charge in [0.15, 0.2) is 5.65 Å². The van der Waals surface area contributed by atoms with Crippen LogP contribution in [0.5, 0.6) is 0 Å².